The number of nitrogens with zero attached hydrogens (tertiary/aromatic N) is 2. The third kappa shape index (κ3) is 2.61. The molecule has 2 heterocycles. The molecule has 0 spiro atoms. The van der Waals surface area contributed by atoms with E-state index in [9.17, 15) is 0 Å². The summed E-state index contributed by atoms with van der Waals surface area (Å²) in [5.74, 6) is 1.12. The summed E-state index contributed by atoms with van der Waals surface area (Å²) in [6.45, 7) is 5.51. The van der Waals surface area contributed by atoms with Crippen LogP contribution in [-0.4, -0.2) is 24.6 Å². The van der Waals surface area contributed by atoms with Crippen LogP contribution in [0.1, 0.15) is 26.2 Å². The van der Waals surface area contributed by atoms with Gasteiger partial charge in [0, 0.05) is 19.6 Å². The van der Waals surface area contributed by atoms with Gasteiger partial charge in [-0.05, 0) is 31.4 Å². The molecule has 0 aromatic carbocycles. The molecule has 3 nitrogen and oxygen atoms in total. The Bertz CT molecular complexity index is 288. The van der Waals surface area contributed by atoms with Crippen LogP contribution in [0, 0.1) is 0 Å². The predicted molar refractivity (Wildman–Crippen MR) is 64.5 cm³/mol. The van der Waals surface area contributed by atoms with E-state index in [1.165, 1.54) is 12.8 Å². The molecule has 1 N–H and O–H groups in total. The monoisotopic (exact) mass is 205 g/mol. The third-order valence-electron chi connectivity index (χ3n) is 2.76. The minimum absolute atomic E-state index is 1.02. The van der Waals surface area contributed by atoms with Crippen molar-refractivity contribution >= 4 is 11.5 Å². The van der Waals surface area contributed by atoms with Crippen LogP contribution in [0.3, 0.4) is 0 Å². The fourth-order valence-electron chi connectivity index (χ4n) is 1.89. The van der Waals surface area contributed by atoms with E-state index < -0.39 is 0 Å². The first-order valence-electron chi connectivity index (χ1n) is 5.85. The van der Waals surface area contributed by atoms with Crippen LogP contribution in [0.5, 0.6) is 0 Å². The van der Waals surface area contributed by atoms with Gasteiger partial charge in [0.05, 0.1) is 11.9 Å². The van der Waals surface area contributed by atoms with Crippen LogP contribution >= 0.6 is 0 Å². The molecule has 1 fully saturated rings. The van der Waals surface area contributed by atoms with Gasteiger partial charge in [0.2, 0.25) is 0 Å². The molecule has 1 saturated heterocycles. The first kappa shape index (κ1) is 10.3. The van der Waals surface area contributed by atoms with Crippen LogP contribution in [0.25, 0.3) is 0 Å². The molecule has 3 heteroatoms. The lowest BCUT2D eigenvalue weighted by molar-refractivity contribution is 0.934. The predicted octanol–water partition coefficient (Wildman–Crippen LogP) is 2.50. The molecule has 0 amide bonds. The SMILES string of the molecule is CCCNc1ccc(N2CCCC2)nc1. The Morgan fingerprint density at radius 1 is 1.33 bits per heavy atom. The molecule has 1 aromatic rings. The largest absolute Gasteiger partial charge is 0.384 e. The van der Waals surface area contributed by atoms with E-state index in [0.29, 0.717) is 0 Å². The summed E-state index contributed by atoms with van der Waals surface area (Å²) in [6.07, 6.45) is 5.69. The van der Waals surface area contributed by atoms with Crippen molar-refractivity contribution in [1.82, 2.24) is 4.98 Å². The molecule has 0 aliphatic carbocycles. The zero-order valence-electron chi connectivity index (χ0n) is 9.37. The molecule has 1 aromatic heterocycles. The Balaban J connectivity index is 1.96. The van der Waals surface area contributed by atoms with Crippen molar-refractivity contribution in [3.8, 4) is 0 Å². The topological polar surface area (TPSA) is 28.2 Å². The molecule has 0 saturated carbocycles. The number of anilines is 2. The third-order valence-corrected chi connectivity index (χ3v) is 2.76. The highest BCUT2D eigenvalue weighted by atomic mass is 15.2. The van der Waals surface area contributed by atoms with Gasteiger partial charge in [-0.1, -0.05) is 6.92 Å². The van der Waals surface area contributed by atoms with Gasteiger partial charge in [-0.25, -0.2) is 4.98 Å². The summed E-state index contributed by atoms with van der Waals surface area (Å²) in [4.78, 5) is 6.83. The minimum atomic E-state index is 1.02. The van der Waals surface area contributed by atoms with E-state index in [4.69, 9.17) is 0 Å². The first-order chi connectivity index (χ1) is 7.40. The van der Waals surface area contributed by atoms with E-state index in [2.05, 4.69) is 34.3 Å². The number of hydrogen-bond donors (Lipinski definition) is 1. The highest BCUT2D eigenvalue weighted by molar-refractivity contribution is 5.48. The van der Waals surface area contributed by atoms with Crippen molar-refractivity contribution in [3.63, 3.8) is 0 Å². The standard InChI is InChI=1S/C12H19N3/c1-2-7-13-11-5-6-12(14-10-11)15-8-3-4-9-15/h5-6,10,13H,2-4,7-9H2,1H3. The second kappa shape index (κ2) is 5.01. The van der Waals surface area contributed by atoms with Crippen molar-refractivity contribution in [2.24, 2.45) is 0 Å². The van der Waals surface area contributed by atoms with Crippen LogP contribution < -0.4 is 10.2 Å². The van der Waals surface area contributed by atoms with Crippen LogP contribution in [0.15, 0.2) is 18.3 Å². The maximum Gasteiger partial charge on any atom is 0.128 e. The molecule has 1 aliphatic heterocycles. The van der Waals surface area contributed by atoms with E-state index in [0.717, 1.165) is 37.6 Å². The van der Waals surface area contributed by atoms with E-state index >= 15 is 0 Å². The van der Waals surface area contributed by atoms with Crippen molar-refractivity contribution < 1.29 is 0 Å². The summed E-state index contributed by atoms with van der Waals surface area (Å²) >= 11 is 0. The molecule has 1 aliphatic rings. The fraction of sp³-hybridized carbons (Fsp3) is 0.583. The Morgan fingerprint density at radius 3 is 2.73 bits per heavy atom. The lowest BCUT2D eigenvalue weighted by atomic mass is 10.3. The smallest absolute Gasteiger partial charge is 0.128 e. The number of pyridine rings is 1. The maximum absolute atomic E-state index is 4.48. The van der Waals surface area contributed by atoms with E-state index in [1.807, 2.05) is 6.20 Å². The van der Waals surface area contributed by atoms with Gasteiger partial charge in [-0.2, -0.15) is 0 Å². The Hall–Kier alpha value is -1.25. The normalized spacial score (nSPS) is 15.7. The molecule has 0 bridgehead atoms. The average Bonchev–Trinajstić information content (AvgIpc) is 2.80. The number of aromatic nitrogens is 1. The Kier molecular flexibility index (Phi) is 3.43. The molecule has 0 atom stereocenters. The molecule has 15 heavy (non-hydrogen) atoms. The van der Waals surface area contributed by atoms with Crippen molar-refractivity contribution in [2.45, 2.75) is 26.2 Å². The van der Waals surface area contributed by atoms with Crippen molar-refractivity contribution in [3.05, 3.63) is 18.3 Å². The van der Waals surface area contributed by atoms with Gasteiger partial charge in [0.1, 0.15) is 5.82 Å². The number of hydrogen-bond acceptors (Lipinski definition) is 3. The van der Waals surface area contributed by atoms with Gasteiger partial charge >= 0.3 is 0 Å². The van der Waals surface area contributed by atoms with Crippen molar-refractivity contribution in [1.29, 1.82) is 0 Å². The van der Waals surface area contributed by atoms with Gasteiger partial charge in [-0.3, -0.25) is 0 Å². The average molecular weight is 205 g/mol. The number of rotatable bonds is 4. The highest BCUT2D eigenvalue weighted by Crippen LogP contribution is 2.18. The van der Waals surface area contributed by atoms with Crippen LogP contribution in [-0.2, 0) is 0 Å². The van der Waals surface area contributed by atoms with Crippen molar-refractivity contribution in [2.75, 3.05) is 29.9 Å². The summed E-state index contributed by atoms with van der Waals surface area (Å²) in [7, 11) is 0. The molecular weight excluding hydrogens is 186 g/mol. The fourth-order valence-corrected chi connectivity index (χ4v) is 1.89. The summed E-state index contributed by atoms with van der Waals surface area (Å²) in [5.41, 5.74) is 1.12. The lowest BCUT2D eigenvalue weighted by Gasteiger charge is -2.16. The molecular formula is C12H19N3. The molecule has 82 valence electrons. The van der Waals surface area contributed by atoms with E-state index in [1.54, 1.807) is 0 Å². The van der Waals surface area contributed by atoms with Gasteiger partial charge < -0.3 is 10.2 Å². The van der Waals surface area contributed by atoms with Gasteiger partial charge in [0.15, 0.2) is 0 Å². The second-order valence-electron chi connectivity index (χ2n) is 4.03. The molecule has 0 unspecified atom stereocenters. The zero-order chi connectivity index (χ0) is 10.5. The van der Waals surface area contributed by atoms with Gasteiger partial charge in [0.25, 0.3) is 0 Å². The minimum Gasteiger partial charge on any atom is -0.384 e. The first-order valence-corrected chi connectivity index (χ1v) is 5.85. The summed E-state index contributed by atoms with van der Waals surface area (Å²) in [6, 6.07) is 4.24. The zero-order valence-corrected chi connectivity index (χ0v) is 9.37. The van der Waals surface area contributed by atoms with Crippen LogP contribution in [0.4, 0.5) is 11.5 Å². The Labute approximate surface area is 91.5 Å². The molecule has 0 radical (unpaired) electrons. The Morgan fingerprint density at radius 2 is 2.13 bits per heavy atom. The summed E-state index contributed by atoms with van der Waals surface area (Å²) in [5, 5.41) is 3.33. The van der Waals surface area contributed by atoms with Gasteiger partial charge in [-0.15, -0.1) is 0 Å². The highest BCUT2D eigenvalue weighted by Gasteiger charge is 2.12. The molecule has 2 rings (SSSR count). The van der Waals surface area contributed by atoms with Crippen LogP contribution in [0.2, 0.25) is 0 Å². The second-order valence-corrected chi connectivity index (χ2v) is 4.03. The number of nitrogens with one attached hydrogen (secondary N) is 1. The maximum atomic E-state index is 4.48. The van der Waals surface area contributed by atoms with E-state index in [-0.39, 0.29) is 0 Å². The summed E-state index contributed by atoms with van der Waals surface area (Å²) < 4.78 is 0. The quantitative estimate of drug-likeness (QED) is 0.818. The lowest BCUT2D eigenvalue weighted by Crippen LogP contribution is -2.18.